The molecule has 0 saturated heterocycles. The first-order valence-corrected chi connectivity index (χ1v) is 6.87. The van der Waals surface area contributed by atoms with Crippen molar-refractivity contribution in [1.82, 2.24) is 0 Å². The smallest absolute Gasteiger partial charge is 0.313 e. The minimum atomic E-state index is -0.289. The zero-order valence-corrected chi connectivity index (χ0v) is 12.4. The van der Waals surface area contributed by atoms with Gasteiger partial charge in [-0.1, -0.05) is 48.0 Å². The van der Waals surface area contributed by atoms with E-state index < -0.39 is 0 Å². The molecule has 1 atom stereocenters. The van der Waals surface area contributed by atoms with E-state index in [9.17, 15) is 4.79 Å². The van der Waals surface area contributed by atoms with E-state index >= 15 is 0 Å². The van der Waals surface area contributed by atoms with E-state index in [0.29, 0.717) is 11.4 Å². The van der Waals surface area contributed by atoms with Crippen LogP contribution in [-0.4, -0.2) is 13.1 Å². The predicted molar refractivity (Wildman–Crippen MR) is 81.1 cm³/mol. The van der Waals surface area contributed by atoms with Crippen molar-refractivity contribution in [3.05, 3.63) is 70.2 Å². The van der Waals surface area contributed by atoms with Gasteiger partial charge in [0, 0.05) is 5.02 Å². The average molecular weight is 289 g/mol. The second-order valence-corrected chi connectivity index (χ2v) is 5.20. The predicted octanol–water partition coefficient (Wildman–Crippen LogP) is 4.15. The van der Waals surface area contributed by atoms with E-state index in [1.54, 1.807) is 0 Å². The Morgan fingerprint density at radius 2 is 1.80 bits per heavy atom. The summed E-state index contributed by atoms with van der Waals surface area (Å²) >= 11 is 5.89. The molecule has 0 aliphatic carbocycles. The van der Waals surface area contributed by atoms with Crippen molar-refractivity contribution in [3.63, 3.8) is 0 Å². The number of hydrogen-bond donors (Lipinski definition) is 0. The topological polar surface area (TPSA) is 26.3 Å². The van der Waals surface area contributed by atoms with Crippen LogP contribution in [-0.2, 0) is 16.0 Å². The molecule has 20 heavy (non-hydrogen) atoms. The number of hydrogen-bond acceptors (Lipinski definition) is 2. The average Bonchev–Trinajstić information content (AvgIpc) is 2.47. The number of benzene rings is 2. The molecule has 0 fully saturated rings. The molecule has 3 heteroatoms. The first-order chi connectivity index (χ1) is 9.61. The molecule has 0 aliphatic rings. The molecule has 0 aromatic heterocycles. The lowest BCUT2D eigenvalue weighted by atomic mass is 9.89. The van der Waals surface area contributed by atoms with Crippen molar-refractivity contribution in [1.29, 1.82) is 0 Å². The highest BCUT2D eigenvalue weighted by Crippen LogP contribution is 2.25. The Hall–Kier alpha value is -1.80. The van der Waals surface area contributed by atoms with Gasteiger partial charge in [-0.3, -0.25) is 4.79 Å². The summed E-state index contributed by atoms with van der Waals surface area (Å²) in [4.78, 5) is 12.1. The zero-order valence-electron chi connectivity index (χ0n) is 11.6. The number of esters is 1. The van der Waals surface area contributed by atoms with Gasteiger partial charge in [-0.2, -0.15) is 0 Å². The fourth-order valence-electron chi connectivity index (χ4n) is 2.30. The molecule has 0 radical (unpaired) electrons. The van der Waals surface area contributed by atoms with Gasteiger partial charge in [0.15, 0.2) is 0 Å². The van der Waals surface area contributed by atoms with Crippen LogP contribution in [0.2, 0.25) is 5.02 Å². The molecule has 0 saturated carbocycles. The maximum atomic E-state index is 12.1. The van der Waals surface area contributed by atoms with E-state index in [2.05, 4.69) is 0 Å². The Morgan fingerprint density at radius 1 is 1.15 bits per heavy atom. The van der Waals surface area contributed by atoms with Gasteiger partial charge in [0.1, 0.15) is 0 Å². The maximum Gasteiger partial charge on any atom is 0.313 e. The van der Waals surface area contributed by atoms with E-state index in [1.807, 2.05) is 55.5 Å². The molecule has 2 aromatic carbocycles. The number of ether oxygens (including phenoxy) is 1. The number of carbonyl (C=O) groups excluding carboxylic acids is 1. The molecule has 104 valence electrons. The van der Waals surface area contributed by atoms with Crippen LogP contribution in [0.1, 0.15) is 22.6 Å². The third-order valence-electron chi connectivity index (χ3n) is 3.40. The first-order valence-electron chi connectivity index (χ1n) is 6.49. The highest BCUT2D eigenvalue weighted by molar-refractivity contribution is 6.30. The normalized spacial score (nSPS) is 11.9. The fraction of sp³-hybridized carbons (Fsp3) is 0.235. The summed E-state index contributed by atoms with van der Waals surface area (Å²) in [6.07, 6.45) is 0.606. The third kappa shape index (κ3) is 3.40. The second-order valence-electron chi connectivity index (χ2n) is 4.76. The molecule has 0 aliphatic heterocycles. The quantitative estimate of drug-likeness (QED) is 0.790. The van der Waals surface area contributed by atoms with Crippen molar-refractivity contribution >= 4 is 17.6 Å². The van der Waals surface area contributed by atoms with E-state index in [-0.39, 0.29) is 11.9 Å². The lowest BCUT2D eigenvalue weighted by Crippen LogP contribution is -2.17. The van der Waals surface area contributed by atoms with Crippen molar-refractivity contribution in [2.45, 2.75) is 19.3 Å². The summed E-state index contributed by atoms with van der Waals surface area (Å²) in [7, 11) is 1.43. The van der Waals surface area contributed by atoms with Crippen LogP contribution in [0.4, 0.5) is 0 Å². The number of carbonyl (C=O) groups is 1. The minimum absolute atomic E-state index is 0.214. The van der Waals surface area contributed by atoms with Crippen molar-refractivity contribution in [3.8, 4) is 0 Å². The summed E-state index contributed by atoms with van der Waals surface area (Å²) in [6, 6.07) is 15.5. The van der Waals surface area contributed by atoms with Gasteiger partial charge in [-0.25, -0.2) is 0 Å². The van der Waals surface area contributed by atoms with Gasteiger partial charge in [0.05, 0.1) is 13.0 Å². The summed E-state index contributed by atoms with van der Waals surface area (Å²) in [5, 5.41) is 0.694. The third-order valence-corrected chi connectivity index (χ3v) is 3.65. The summed E-state index contributed by atoms with van der Waals surface area (Å²) in [5.74, 6) is -0.503. The molecule has 0 amide bonds. The van der Waals surface area contributed by atoms with Crippen LogP contribution >= 0.6 is 11.6 Å². The Morgan fingerprint density at radius 3 is 2.40 bits per heavy atom. The highest BCUT2D eigenvalue weighted by Gasteiger charge is 2.23. The van der Waals surface area contributed by atoms with Crippen LogP contribution in [0.15, 0.2) is 48.5 Å². The Kier molecular flexibility index (Phi) is 4.80. The van der Waals surface area contributed by atoms with E-state index in [0.717, 1.165) is 16.7 Å². The van der Waals surface area contributed by atoms with Crippen molar-refractivity contribution in [2.75, 3.05) is 7.11 Å². The van der Waals surface area contributed by atoms with Crippen LogP contribution < -0.4 is 0 Å². The van der Waals surface area contributed by atoms with Crippen molar-refractivity contribution < 1.29 is 9.53 Å². The molecular weight excluding hydrogens is 272 g/mol. The first kappa shape index (κ1) is 14.6. The SMILES string of the molecule is COC(=O)[C@@H](Cc1ccc(Cl)cc1)c1ccccc1C. The van der Waals surface area contributed by atoms with Gasteiger partial charge in [0.25, 0.3) is 0 Å². The van der Waals surface area contributed by atoms with Crippen molar-refractivity contribution in [2.24, 2.45) is 0 Å². The van der Waals surface area contributed by atoms with Gasteiger partial charge < -0.3 is 4.74 Å². The lowest BCUT2D eigenvalue weighted by molar-refractivity contribution is -0.142. The summed E-state index contributed by atoms with van der Waals surface area (Å²) in [5.41, 5.74) is 3.17. The van der Waals surface area contributed by atoms with Gasteiger partial charge in [0.2, 0.25) is 0 Å². The maximum absolute atomic E-state index is 12.1. The molecule has 0 N–H and O–H groups in total. The standard InChI is InChI=1S/C17H17ClO2/c1-12-5-3-4-6-15(12)16(17(19)20-2)11-13-7-9-14(18)10-8-13/h3-10,16H,11H2,1-2H3/t16-/m0/s1. The highest BCUT2D eigenvalue weighted by atomic mass is 35.5. The summed E-state index contributed by atoms with van der Waals surface area (Å²) in [6.45, 7) is 2.01. The molecule has 2 aromatic rings. The van der Waals surface area contributed by atoms with Crippen LogP contribution in [0.25, 0.3) is 0 Å². The summed E-state index contributed by atoms with van der Waals surface area (Å²) < 4.78 is 4.95. The molecule has 0 bridgehead atoms. The largest absolute Gasteiger partial charge is 0.469 e. The molecule has 0 heterocycles. The lowest BCUT2D eigenvalue weighted by Gasteiger charge is -2.17. The number of aryl methyl sites for hydroxylation is 1. The van der Waals surface area contributed by atoms with E-state index in [4.69, 9.17) is 16.3 Å². The number of methoxy groups -OCH3 is 1. The zero-order chi connectivity index (χ0) is 14.5. The molecule has 0 unspecified atom stereocenters. The molecular formula is C17H17ClO2. The minimum Gasteiger partial charge on any atom is -0.469 e. The van der Waals surface area contributed by atoms with Gasteiger partial charge in [-0.05, 0) is 42.2 Å². The van der Waals surface area contributed by atoms with Gasteiger partial charge in [-0.15, -0.1) is 0 Å². The molecule has 0 spiro atoms. The van der Waals surface area contributed by atoms with Crippen LogP contribution in [0.3, 0.4) is 0 Å². The Bertz CT molecular complexity index is 590. The Labute approximate surface area is 124 Å². The van der Waals surface area contributed by atoms with Crippen LogP contribution in [0, 0.1) is 6.92 Å². The molecule has 2 rings (SSSR count). The molecule has 2 nitrogen and oxygen atoms in total. The number of halogens is 1. The Balaban J connectivity index is 2.31. The number of rotatable bonds is 4. The van der Waals surface area contributed by atoms with Crippen LogP contribution in [0.5, 0.6) is 0 Å². The second kappa shape index (κ2) is 6.58. The van der Waals surface area contributed by atoms with Gasteiger partial charge >= 0.3 is 5.97 Å². The monoisotopic (exact) mass is 288 g/mol. The fourth-order valence-corrected chi connectivity index (χ4v) is 2.42. The van der Waals surface area contributed by atoms with E-state index in [1.165, 1.54) is 7.11 Å².